The maximum Gasteiger partial charge on any atom is 0.231 e. The van der Waals surface area contributed by atoms with Crippen LogP contribution in [-0.4, -0.2) is 26.4 Å². The summed E-state index contributed by atoms with van der Waals surface area (Å²) >= 11 is 1.68. The van der Waals surface area contributed by atoms with Crippen molar-refractivity contribution in [1.29, 1.82) is 0 Å². The molecule has 1 aromatic rings. The lowest BCUT2D eigenvalue weighted by molar-refractivity contribution is -0.119. The van der Waals surface area contributed by atoms with Gasteiger partial charge < -0.3 is 0 Å². The van der Waals surface area contributed by atoms with Gasteiger partial charge in [0, 0.05) is 18.2 Å². The van der Waals surface area contributed by atoms with E-state index in [1.165, 1.54) is 0 Å². The van der Waals surface area contributed by atoms with Crippen molar-refractivity contribution in [2.24, 2.45) is 5.92 Å². The first-order valence-corrected chi connectivity index (χ1v) is 6.04. The average Bonchev–Trinajstić information content (AvgIpc) is 2.62. The number of carbonyl (C=O) groups is 1. The standard InChI is InChI=1S/C9H14N4OS/c1-6(2)7(14)10-8-11-12-9-13(8)4-3-5-15-9/h6H,3-5H2,1-2H3,(H,10,11,14). The molecule has 1 aromatic heterocycles. The molecule has 0 spiro atoms. The van der Waals surface area contributed by atoms with Crippen LogP contribution in [0.4, 0.5) is 5.95 Å². The van der Waals surface area contributed by atoms with Crippen molar-refractivity contribution >= 4 is 23.6 Å². The molecule has 0 aliphatic carbocycles. The molecular formula is C9H14N4OS. The van der Waals surface area contributed by atoms with Gasteiger partial charge in [0.15, 0.2) is 5.16 Å². The maximum atomic E-state index is 11.5. The van der Waals surface area contributed by atoms with Crippen LogP contribution in [0, 0.1) is 5.92 Å². The van der Waals surface area contributed by atoms with Crippen molar-refractivity contribution in [1.82, 2.24) is 14.8 Å². The summed E-state index contributed by atoms with van der Waals surface area (Å²) in [4.78, 5) is 11.5. The van der Waals surface area contributed by atoms with Crippen LogP contribution in [0.2, 0.25) is 0 Å². The Morgan fingerprint density at radius 1 is 1.53 bits per heavy atom. The van der Waals surface area contributed by atoms with Gasteiger partial charge in [0.1, 0.15) is 0 Å². The molecule has 0 bridgehead atoms. The second kappa shape index (κ2) is 4.22. The Labute approximate surface area is 92.6 Å². The molecule has 2 heterocycles. The molecule has 82 valence electrons. The van der Waals surface area contributed by atoms with E-state index in [1.807, 2.05) is 18.4 Å². The van der Waals surface area contributed by atoms with Crippen molar-refractivity contribution in [2.75, 3.05) is 11.1 Å². The van der Waals surface area contributed by atoms with Crippen molar-refractivity contribution in [3.05, 3.63) is 0 Å². The Bertz CT molecular complexity index is 374. The lowest BCUT2D eigenvalue weighted by Crippen LogP contribution is -2.21. The summed E-state index contributed by atoms with van der Waals surface area (Å²) in [5.41, 5.74) is 0. The fraction of sp³-hybridized carbons (Fsp3) is 0.667. The van der Waals surface area contributed by atoms with E-state index in [0.29, 0.717) is 5.95 Å². The predicted octanol–water partition coefficient (Wildman–Crippen LogP) is 1.37. The van der Waals surface area contributed by atoms with E-state index in [-0.39, 0.29) is 11.8 Å². The minimum absolute atomic E-state index is 0.0132. The summed E-state index contributed by atoms with van der Waals surface area (Å²) in [6.45, 7) is 4.61. The molecule has 0 radical (unpaired) electrons. The van der Waals surface area contributed by atoms with Crippen LogP contribution in [0.1, 0.15) is 20.3 Å². The van der Waals surface area contributed by atoms with Gasteiger partial charge in [-0.2, -0.15) is 0 Å². The smallest absolute Gasteiger partial charge is 0.231 e. The topological polar surface area (TPSA) is 59.8 Å². The number of anilines is 1. The second-order valence-electron chi connectivity index (χ2n) is 3.80. The summed E-state index contributed by atoms with van der Waals surface area (Å²) in [6, 6.07) is 0. The Morgan fingerprint density at radius 3 is 3.07 bits per heavy atom. The Kier molecular flexibility index (Phi) is 2.95. The molecule has 1 N–H and O–H groups in total. The quantitative estimate of drug-likeness (QED) is 0.827. The van der Waals surface area contributed by atoms with Crippen molar-refractivity contribution in [3.8, 4) is 0 Å². The van der Waals surface area contributed by atoms with Crippen LogP contribution in [0.5, 0.6) is 0 Å². The summed E-state index contributed by atoms with van der Waals surface area (Å²) in [6.07, 6.45) is 1.10. The molecule has 2 rings (SSSR count). The zero-order chi connectivity index (χ0) is 10.8. The van der Waals surface area contributed by atoms with Crippen LogP contribution in [0.3, 0.4) is 0 Å². The van der Waals surface area contributed by atoms with Crippen LogP contribution < -0.4 is 5.32 Å². The molecule has 0 atom stereocenters. The highest BCUT2D eigenvalue weighted by atomic mass is 32.2. The number of hydrogen-bond donors (Lipinski definition) is 1. The largest absolute Gasteiger partial charge is 0.294 e. The molecule has 5 nitrogen and oxygen atoms in total. The summed E-state index contributed by atoms with van der Waals surface area (Å²) < 4.78 is 1.97. The first-order valence-electron chi connectivity index (χ1n) is 5.05. The second-order valence-corrected chi connectivity index (χ2v) is 4.87. The first-order chi connectivity index (χ1) is 7.18. The summed E-state index contributed by atoms with van der Waals surface area (Å²) in [5.74, 6) is 1.61. The van der Waals surface area contributed by atoms with E-state index >= 15 is 0 Å². The Hall–Kier alpha value is -1.04. The lowest BCUT2D eigenvalue weighted by Gasteiger charge is -2.14. The van der Waals surface area contributed by atoms with Gasteiger partial charge in [0.2, 0.25) is 11.9 Å². The highest BCUT2D eigenvalue weighted by Gasteiger charge is 2.18. The van der Waals surface area contributed by atoms with Crippen LogP contribution in [0.15, 0.2) is 5.16 Å². The highest BCUT2D eigenvalue weighted by molar-refractivity contribution is 7.99. The molecule has 0 aromatic carbocycles. The number of nitrogens with one attached hydrogen (secondary N) is 1. The average molecular weight is 226 g/mol. The zero-order valence-electron chi connectivity index (χ0n) is 8.86. The minimum atomic E-state index is -0.0332. The molecule has 0 fully saturated rings. The van der Waals surface area contributed by atoms with Gasteiger partial charge in [-0.25, -0.2) is 0 Å². The first kappa shape index (κ1) is 10.5. The van der Waals surface area contributed by atoms with Crippen molar-refractivity contribution in [2.45, 2.75) is 32.0 Å². The molecule has 0 saturated heterocycles. The fourth-order valence-corrected chi connectivity index (χ4v) is 2.22. The number of carbonyl (C=O) groups excluding carboxylic acids is 1. The number of nitrogens with zero attached hydrogens (tertiary/aromatic N) is 3. The van der Waals surface area contributed by atoms with Gasteiger partial charge in [-0.1, -0.05) is 25.6 Å². The van der Waals surface area contributed by atoms with Crippen LogP contribution >= 0.6 is 11.8 Å². The third kappa shape index (κ3) is 2.14. The number of rotatable bonds is 2. The van der Waals surface area contributed by atoms with Gasteiger partial charge in [-0.05, 0) is 6.42 Å². The Morgan fingerprint density at radius 2 is 2.33 bits per heavy atom. The van der Waals surface area contributed by atoms with Gasteiger partial charge in [-0.15, -0.1) is 10.2 Å². The van der Waals surface area contributed by atoms with E-state index in [9.17, 15) is 4.79 Å². The number of amides is 1. The monoisotopic (exact) mass is 226 g/mol. The number of hydrogen-bond acceptors (Lipinski definition) is 4. The maximum absolute atomic E-state index is 11.5. The van der Waals surface area contributed by atoms with Gasteiger partial charge >= 0.3 is 0 Å². The van der Waals surface area contributed by atoms with E-state index in [2.05, 4.69) is 15.5 Å². The van der Waals surface area contributed by atoms with E-state index in [0.717, 1.165) is 23.9 Å². The van der Waals surface area contributed by atoms with E-state index in [4.69, 9.17) is 0 Å². The normalized spacial score (nSPS) is 15.1. The van der Waals surface area contributed by atoms with Crippen molar-refractivity contribution < 1.29 is 4.79 Å². The highest BCUT2D eigenvalue weighted by Crippen LogP contribution is 2.25. The van der Waals surface area contributed by atoms with Crippen LogP contribution in [-0.2, 0) is 11.3 Å². The molecule has 0 unspecified atom stereocenters. The Balaban J connectivity index is 2.15. The molecule has 6 heteroatoms. The van der Waals surface area contributed by atoms with E-state index in [1.54, 1.807) is 11.8 Å². The fourth-order valence-electron chi connectivity index (χ4n) is 1.33. The van der Waals surface area contributed by atoms with Gasteiger partial charge in [0.05, 0.1) is 0 Å². The molecule has 1 aliphatic rings. The summed E-state index contributed by atoms with van der Waals surface area (Å²) in [5, 5.41) is 11.7. The molecular weight excluding hydrogens is 212 g/mol. The third-order valence-electron chi connectivity index (χ3n) is 2.23. The third-order valence-corrected chi connectivity index (χ3v) is 3.29. The SMILES string of the molecule is CC(C)C(=O)Nc1nnc2n1CCCS2. The zero-order valence-corrected chi connectivity index (χ0v) is 9.67. The number of fused-ring (bicyclic) bond motifs is 1. The number of aromatic nitrogens is 3. The molecule has 15 heavy (non-hydrogen) atoms. The summed E-state index contributed by atoms with van der Waals surface area (Å²) in [7, 11) is 0. The molecule has 0 saturated carbocycles. The lowest BCUT2D eigenvalue weighted by atomic mass is 10.2. The van der Waals surface area contributed by atoms with Gasteiger partial charge in [-0.3, -0.25) is 14.7 Å². The minimum Gasteiger partial charge on any atom is -0.294 e. The van der Waals surface area contributed by atoms with Gasteiger partial charge in [0.25, 0.3) is 0 Å². The van der Waals surface area contributed by atoms with E-state index < -0.39 is 0 Å². The molecule has 1 amide bonds. The van der Waals surface area contributed by atoms with Crippen LogP contribution in [0.25, 0.3) is 0 Å². The molecule has 1 aliphatic heterocycles. The number of thioether (sulfide) groups is 1. The predicted molar refractivity (Wildman–Crippen MR) is 58.8 cm³/mol. The van der Waals surface area contributed by atoms with Crippen molar-refractivity contribution in [3.63, 3.8) is 0 Å².